The Balaban J connectivity index is 0.00000225. The van der Waals surface area contributed by atoms with Crippen molar-refractivity contribution in [1.29, 1.82) is 0 Å². The Morgan fingerprint density at radius 3 is 2.68 bits per heavy atom. The number of aliphatic hydroxyl groups is 1. The number of fused-ring (bicyclic) bond motifs is 1. The maximum absolute atomic E-state index is 12.3. The summed E-state index contributed by atoms with van der Waals surface area (Å²) in [5.41, 5.74) is 5.71. The van der Waals surface area contributed by atoms with E-state index in [0.29, 0.717) is 61.4 Å². The van der Waals surface area contributed by atoms with Crippen LogP contribution >= 0.6 is 24.0 Å². The van der Waals surface area contributed by atoms with Crippen molar-refractivity contribution >= 4 is 29.9 Å². The van der Waals surface area contributed by atoms with Crippen LogP contribution in [0.2, 0.25) is 5.02 Å². The highest BCUT2D eigenvalue weighted by Gasteiger charge is 2.36. The van der Waals surface area contributed by atoms with Gasteiger partial charge in [-0.25, -0.2) is 0 Å². The summed E-state index contributed by atoms with van der Waals surface area (Å²) in [5.74, 6) is 0.688. The molecular formula is C16H22Cl2N2O5. The van der Waals surface area contributed by atoms with Crippen LogP contribution in [0.15, 0.2) is 12.1 Å². The third-order valence-electron chi connectivity index (χ3n) is 4.30. The van der Waals surface area contributed by atoms with Crippen LogP contribution in [0.5, 0.6) is 11.5 Å². The fraction of sp³-hybridized carbons (Fsp3) is 0.562. The SMILES string of the molecule is Cl.NC1(C(=O)NCC(O)c2cc(Cl)c3c(c2)OCCO3)CCOCC1. The fourth-order valence-corrected chi connectivity index (χ4v) is 3.04. The fourth-order valence-electron chi connectivity index (χ4n) is 2.77. The molecule has 1 aromatic rings. The lowest BCUT2D eigenvalue weighted by Crippen LogP contribution is -2.57. The molecule has 2 heterocycles. The Morgan fingerprint density at radius 2 is 1.96 bits per heavy atom. The molecule has 0 aliphatic carbocycles. The van der Waals surface area contributed by atoms with Gasteiger partial charge in [0.05, 0.1) is 16.7 Å². The first kappa shape index (κ1) is 20.1. The van der Waals surface area contributed by atoms with Gasteiger partial charge in [-0.3, -0.25) is 4.79 Å². The van der Waals surface area contributed by atoms with Crippen molar-refractivity contribution in [3.8, 4) is 11.5 Å². The second-order valence-corrected chi connectivity index (χ2v) is 6.43. The lowest BCUT2D eigenvalue weighted by atomic mass is 9.90. The van der Waals surface area contributed by atoms with E-state index in [9.17, 15) is 9.90 Å². The zero-order valence-corrected chi connectivity index (χ0v) is 15.2. The zero-order chi connectivity index (χ0) is 17.2. The maximum atomic E-state index is 12.3. The minimum Gasteiger partial charge on any atom is -0.486 e. The topological polar surface area (TPSA) is 103 Å². The minimum atomic E-state index is -0.942. The molecule has 1 unspecified atom stereocenters. The molecule has 4 N–H and O–H groups in total. The molecule has 0 bridgehead atoms. The number of ether oxygens (including phenoxy) is 3. The third-order valence-corrected chi connectivity index (χ3v) is 4.58. The summed E-state index contributed by atoms with van der Waals surface area (Å²) in [6.07, 6.45) is 0.000890. The van der Waals surface area contributed by atoms with Crippen LogP contribution in [-0.2, 0) is 9.53 Å². The summed E-state index contributed by atoms with van der Waals surface area (Å²) >= 11 is 6.16. The van der Waals surface area contributed by atoms with Gasteiger partial charge in [0.1, 0.15) is 13.2 Å². The van der Waals surface area contributed by atoms with Crippen LogP contribution in [0.3, 0.4) is 0 Å². The molecule has 1 fully saturated rings. The van der Waals surface area contributed by atoms with E-state index in [2.05, 4.69) is 5.32 Å². The minimum absolute atomic E-state index is 0. The molecule has 0 spiro atoms. The molecule has 25 heavy (non-hydrogen) atoms. The highest BCUT2D eigenvalue weighted by Crippen LogP contribution is 2.39. The van der Waals surface area contributed by atoms with Gasteiger partial charge in [-0.2, -0.15) is 0 Å². The highest BCUT2D eigenvalue weighted by atomic mass is 35.5. The van der Waals surface area contributed by atoms with Crippen LogP contribution in [-0.4, -0.2) is 49.5 Å². The second-order valence-electron chi connectivity index (χ2n) is 6.02. The largest absolute Gasteiger partial charge is 0.486 e. The summed E-state index contributed by atoms with van der Waals surface area (Å²) in [7, 11) is 0. The van der Waals surface area contributed by atoms with E-state index >= 15 is 0 Å². The van der Waals surface area contributed by atoms with Crippen molar-refractivity contribution in [2.45, 2.75) is 24.5 Å². The van der Waals surface area contributed by atoms with Gasteiger partial charge in [0.15, 0.2) is 11.5 Å². The Kier molecular flexibility index (Phi) is 6.76. The highest BCUT2D eigenvalue weighted by molar-refractivity contribution is 6.32. The molecule has 140 valence electrons. The van der Waals surface area contributed by atoms with E-state index in [1.165, 1.54) is 0 Å². The summed E-state index contributed by atoms with van der Waals surface area (Å²) < 4.78 is 16.2. The van der Waals surface area contributed by atoms with Crippen molar-refractivity contribution in [3.05, 3.63) is 22.7 Å². The predicted octanol–water partition coefficient (Wildman–Crippen LogP) is 1.19. The number of carbonyl (C=O) groups is 1. The van der Waals surface area contributed by atoms with Gasteiger partial charge < -0.3 is 30.4 Å². The Labute approximate surface area is 157 Å². The first-order valence-electron chi connectivity index (χ1n) is 7.92. The van der Waals surface area contributed by atoms with Gasteiger partial charge in [0.2, 0.25) is 5.91 Å². The molecule has 7 nitrogen and oxygen atoms in total. The van der Waals surface area contributed by atoms with E-state index in [0.717, 1.165) is 0 Å². The molecule has 0 saturated carbocycles. The number of nitrogens with one attached hydrogen (secondary N) is 1. The van der Waals surface area contributed by atoms with E-state index in [-0.39, 0.29) is 24.9 Å². The Bertz CT molecular complexity index is 623. The number of amides is 1. The molecule has 1 aromatic carbocycles. The van der Waals surface area contributed by atoms with E-state index in [4.69, 9.17) is 31.5 Å². The molecule has 0 aromatic heterocycles. The smallest absolute Gasteiger partial charge is 0.240 e. The number of aliphatic hydroxyl groups excluding tert-OH is 1. The standard InChI is InChI=1S/C16H21ClN2O5.ClH/c17-11-7-10(8-13-14(11)24-6-5-23-13)12(20)9-19-15(21)16(18)1-3-22-4-2-16;/h7-8,12,20H,1-6,9,18H2,(H,19,21);1H. The van der Waals surface area contributed by atoms with Crippen LogP contribution in [0.4, 0.5) is 0 Å². The maximum Gasteiger partial charge on any atom is 0.240 e. The summed E-state index contributed by atoms with van der Waals surface area (Å²) in [6, 6.07) is 3.28. The number of hydrogen-bond acceptors (Lipinski definition) is 6. The van der Waals surface area contributed by atoms with Crippen molar-refractivity contribution in [2.24, 2.45) is 5.73 Å². The Morgan fingerprint density at radius 1 is 1.28 bits per heavy atom. The van der Waals surface area contributed by atoms with Gasteiger partial charge in [-0.15, -0.1) is 12.4 Å². The summed E-state index contributed by atoms with van der Waals surface area (Å²) in [4.78, 5) is 12.3. The molecule has 3 rings (SSSR count). The van der Waals surface area contributed by atoms with Crippen molar-refractivity contribution < 1.29 is 24.1 Å². The monoisotopic (exact) mass is 392 g/mol. The summed E-state index contributed by atoms with van der Waals surface area (Å²) in [6.45, 7) is 1.83. The molecule has 1 amide bonds. The first-order chi connectivity index (χ1) is 11.5. The number of carbonyl (C=O) groups excluding carboxylic acids is 1. The van der Waals surface area contributed by atoms with Crippen LogP contribution in [0.25, 0.3) is 0 Å². The molecule has 2 aliphatic heterocycles. The number of rotatable bonds is 4. The van der Waals surface area contributed by atoms with Gasteiger partial charge in [0.25, 0.3) is 0 Å². The predicted molar refractivity (Wildman–Crippen MR) is 94.6 cm³/mol. The molecule has 0 radical (unpaired) electrons. The van der Waals surface area contributed by atoms with E-state index < -0.39 is 11.6 Å². The van der Waals surface area contributed by atoms with Crippen molar-refractivity contribution in [3.63, 3.8) is 0 Å². The third kappa shape index (κ3) is 4.48. The first-order valence-corrected chi connectivity index (χ1v) is 8.29. The lowest BCUT2D eigenvalue weighted by molar-refractivity contribution is -0.130. The van der Waals surface area contributed by atoms with Crippen LogP contribution in [0, 0.1) is 0 Å². The quantitative estimate of drug-likeness (QED) is 0.710. The van der Waals surface area contributed by atoms with Crippen LogP contribution < -0.4 is 20.5 Å². The summed E-state index contributed by atoms with van der Waals surface area (Å²) in [5, 5.41) is 13.4. The second kappa shape index (κ2) is 8.42. The van der Waals surface area contributed by atoms with E-state index in [1.807, 2.05) is 0 Å². The van der Waals surface area contributed by atoms with Gasteiger partial charge in [-0.05, 0) is 30.5 Å². The lowest BCUT2D eigenvalue weighted by Gasteiger charge is -2.32. The number of benzene rings is 1. The average Bonchev–Trinajstić information content (AvgIpc) is 2.60. The number of nitrogens with two attached hydrogens (primary N) is 1. The van der Waals surface area contributed by atoms with Gasteiger partial charge in [0, 0.05) is 19.8 Å². The normalized spacial score (nSPS) is 19.5. The van der Waals surface area contributed by atoms with Gasteiger partial charge in [-0.1, -0.05) is 11.6 Å². The number of halogens is 2. The van der Waals surface area contributed by atoms with Crippen LogP contribution in [0.1, 0.15) is 24.5 Å². The van der Waals surface area contributed by atoms with Gasteiger partial charge >= 0.3 is 0 Å². The molecule has 1 atom stereocenters. The van der Waals surface area contributed by atoms with E-state index in [1.54, 1.807) is 12.1 Å². The molecule has 9 heteroatoms. The van der Waals surface area contributed by atoms with Crippen molar-refractivity contribution in [2.75, 3.05) is 33.0 Å². The molecule has 1 saturated heterocycles. The molecule has 2 aliphatic rings. The zero-order valence-electron chi connectivity index (χ0n) is 13.6. The number of hydrogen-bond donors (Lipinski definition) is 3. The molecular weight excluding hydrogens is 371 g/mol. The Hall–Kier alpha value is -1.25. The van der Waals surface area contributed by atoms with Crippen molar-refractivity contribution in [1.82, 2.24) is 5.32 Å². The average molecular weight is 393 g/mol.